The molecule has 1 fully saturated rings. The zero-order valence-electron chi connectivity index (χ0n) is 30.8. The molecule has 0 radical (unpaired) electrons. The summed E-state index contributed by atoms with van der Waals surface area (Å²) in [6, 6.07) is 47.9. The molecule has 1 aromatic heterocycles. The Balaban J connectivity index is 1.09. The Labute approximate surface area is 338 Å². The quantitative estimate of drug-likeness (QED) is 0.0407. The van der Waals surface area contributed by atoms with Gasteiger partial charge in [-0.3, -0.25) is 14.5 Å². The van der Waals surface area contributed by atoms with Crippen LogP contribution in [0.25, 0.3) is 0 Å². The number of amides is 1. The molecule has 0 saturated carbocycles. The summed E-state index contributed by atoms with van der Waals surface area (Å²) in [5.74, 6) is -1.74. The van der Waals surface area contributed by atoms with Crippen molar-refractivity contribution in [2.75, 3.05) is 11.5 Å². The van der Waals surface area contributed by atoms with Crippen LogP contribution in [0.3, 0.4) is 0 Å². The maximum atomic E-state index is 14.4. The number of nitrogens with two attached hydrogens (primary N) is 1. The number of hydrogen-bond donors (Lipinski definition) is 1. The summed E-state index contributed by atoms with van der Waals surface area (Å²) in [7, 11) is 0. The van der Waals surface area contributed by atoms with Gasteiger partial charge in [0.05, 0.1) is 11.3 Å². The number of nitrogen functional groups attached to an aromatic ring is 1. The summed E-state index contributed by atoms with van der Waals surface area (Å²) in [6.07, 6.45) is -0.907. The lowest BCUT2D eigenvalue weighted by Crippen LogP contribution is -2.62. The maximum absolute atomic E-state index is 14.4. The fourth-order valence-corrected chi connectivity index (χ4v) is 9.07. The van der Waals surface area contributed by atoms with Crippen LogP contribution in [0.1, 0.15) is 53.1 Å². The van der Waals surface area contributed by atoms with Crippen LogP contribution >= 0.6 is 23.3 Å². The first kappa shape index (κ1) is 37.5. The standard InChI is InChI=1S/C45H37N5O5S2/c1-29-28-56-42-35(41(52)50(42)38(29)43(53)54-39(30-17-7-2-8-18-30)31-19-9-3-10-20-31)27-36(51)37(40-47-44(46)57-49-40)48-55-45(32-21-11-4-12-22-32,33-23-13-5-14-24-33)34-25-15-6-16-26-34/h2-26,35,39,42H,27-28H2,1H3,(H2,46,47,49)/b48-37+/t35-,42-/m1/s1. The number of esters is 1. The Morgan fingerprint density at radius 1 is 0.807 bits per heavy atom. The van der Waals surface area contributed by atoms with E-state index in [0.717, 1.165) is 44.9 Å². The van der Waals surface area contributed by atoms with Crippen molar-refractivity contribution in [2.24, 2.45) is 11.1 Å². The third kappa shape index (κ3) is 7.37. The van der Waals surface area contributed by atoms with Gasteiger partial charge in [-0.1, -0.05) is 157 Å². The van der Waals surface area contributed by atoms with Gasteiger partial charge < -0.3 is 15.3 Å². The first-order chi connectivity index (χ1) is 27.8. The van der Waals surface area contributed by atoms with Gasteiger partial charge in [0.25, 0.3) is 0 Å². The van der Waals surface area contributed by atoms with E-state index < -0.39 is 34.7 Å². The molecule has 1 amide bonds. The number of rotatable bonds is 13. The lowest BCUT2D eigenvalue weighted by atomic mass is 9.80. The molecule has 3 heterocycles. The minimum absolute atomic E-state index is 0.00150. The first-order valence-corrected chi connectivity index (χ1v) is 20.2. The van der Waals surface area contributed by atoms with Crippen LogP contribution in [0, 0.1) is 5.92 Å². The molecule has 5 aromatic carbocycles. The number of β-lactam (4-membered cyclic amide) rings is 1. The number of aromatic nitrogens is 2. The van der Waals surface area contributed by atoms with E-state index in [1.165, 1.54) is 16.7 Å². The predicted octanol–water partition coefficient (Wildman–Crippen LogP) is 7.93. The van der Waals surface area contributed by atoms with E-state index in [4.69, 9.17) is 15.3 Å². The van der Waals surface area contributed by atoms with Crippen LogP contribution in [-0.2, 0) is 29.6 Å². The lowest BCUT2D eigenvalue weighted by Gasteiger charge is -2.49. The lowest BCUT2D eigenvalue weighted by molar-refractivity contribution is -0.157. The van der Waals surface area contributed by atoms with Crippen LogP contribution in [0.5, 0.6) is 0 Å². The van der Waals surface area contributed by atoms with Gasteiger partial charge in [-0.05, 0) is 23.6 Å². The number of carbonyl (C=O) groups excluding carboxylic acids is 3. The molecule has 2 aliphatic heterocycles. The Morgan fingerprint density at radius 3 is 1.77 bits per heavy atom. The number of benzene rings is 5. The second-order valence-corrected chi connectivity index (χ2v) is 15.5. The van der Waals surface area contributed by atoms with Crippen LogP contribution in [0.2, 0.25) is 0 Å². The molecule has 0 bridgehead atoms. The number of fused-ring (bicyclic) bond motifs is 1. The van der Waals surface area contributed by atoms with E-state index in [9.17, 15) is 14.4 Å². The number of thioether (sulfide) groups is 1. The van der Waals surface area contributed by atoms with Crippen molar-refractivity contribution >= 4 is 51.8 Å². The van der Waals surface area contributed by atoms with Gasteiger partial charge in [0, 0.05) is 40.4 Å². The number of oxime groups is 1. The minimum Gasteiger partial charge on any atom is -0.448 e. The van der Waals surface area contributed by atoms with Crippen molar-refractivity contribution < 1.29 is 24.0 Å². The zero-order valence-corrected chi connectivity index (χ0v) is 32.4. The number of anilines is 1. The number of ether oxygens (including phenoxy) is 1. The maximum Gasteiger partial charge on any atom is 0.356 e. The summed E-state index contributed by atoms with van der Waals surface area (Å²) in [5, 5.41) is 4.24. The molecule has 0 unspecified atom stereocenters. The third-order valence-electron chi connectivity index (χ3n) is 10.0. The average molecular weight is 792 g/mol. The largest absolute Gasteiger partial charge is 0.448 e. The number of carbonyl (C=O) groups is 3. The average Bonchev–Trinajstić information content (AvgIpc) is 3.70. The molecule has 6 aromatic rings. The fourth-order valence-electron chi connectivity index (χ4n) is 7.28. The predicted molar refractivity (Wildman–Crippen MR) is 221 cm³/mol. The van der Waals surface area contributed by atoms with Gasteiger partial charge in [-0.25, -0.2) is 4.79 Å². The monoisotopic (exact) mass is 791 g/mol. The molecule has 2 N–H and O–H groups in total. The Hall–Kier alpha value is -6.37. The molecule has 8 rings (SSSR count). The van der Waals surface area contributed by atoms with Crippen molar-refractivity contribution in [1.82, 2.24) is 14.3 Å². The smallest absolute Gasteiger partial charge is 0.356 e. The van der Waals surface area contributed by atoms with Crippen molar-refractivity contribution in [2.45, 2.75) is 30.4 Å². The topological polar surface area (TPSA) is 137 Å². The fraction of sp³-hybridized carbons (Fsp3) is 0.156. The summed E-state index contributed by atoms with van der Waals surface area (Å²) in [6.45, 7) is 1.82. The van der Waals surface area contributed by atoms with Crippen molar-refractivity contribution in [1.29, 1.82) is 0 Å². The molecular weight excluding hydrogens is 755 g/mol. The molecule has 1 saturated heterocycles. The van der Waals surface area contributed by atoms with E-state index in [1.54, 1.807) is 0 Å². The summed E-state index contributed by atoms with van der Waals surface area (Å²) >= 11 is 2.42. The molecule has 10 nitrogen and oxygen atoms in total. The summed E-state index contributed by atoms with van der Waals surface area (Å²) in [5.41, 5.74) is 9.41. The molecule has 0 aliphatic carbocycles. The molecule has 2 aliphatic rings. The zero-order chi connectivity index (χ0) is 39.4. The van der Waals surface area contributed by atoms with Gasteiger partial charge in [-0.2, -0.15) is 9.36 Å². The van der Waals surface area contributed by atoms with Crippen LogP contribution in [0.4, 0.5) is 5.13 Å². The van der Waals surface area contributed by atoms with Crippen LogP contribution < -0.4 is 5.73 Å². The SMILES string of the molecule is CC1=C(C(=O)OC(c2ccccc2)c2ccccc2)N2C(=O)[C@@H](CC(=O)/C(=N\OC(c3ccccc3)(c3ccccc3)c3ccccc3)c3nsc(N)n3)[C@H]2SC1. The van der Waals surface area contributed by atoms with Crippen molar-refractivity contribution in [3.8, 4) is 0 Å². The van der Waals surface area contributed by atoms with E-state index in [0.29, 0.717) is 5.75 Å². The Bertz CT molecular complexity index is 2310. The van der Waals surface area contributed by atoms with Gasteiger partial charge in [-0.15, -0.1) is 11.8 Å². The second-order valence-electron chi connectivity index (χ2n) is 13.6. The van der Waals surface area contributed by atoms with Crippen molar-refractivity contribution in [3.63, 3.8) is 0 Å². The van der Waals surface area contributed by atoms with Gasteiger partial charge >= 0.3 is 5.97 Å². The highest BCUT2D eigenvalue weighted by Crippen LogP contribution is 2.46. The summed E-state index contributed by atoms with van der Waals surface area (Å²) in [4.78, 5) is 55.0. The number of Topliss-reactive ketones (excluding diaryl/α,β-unsaturated/α-hetero) is 1. The molecule has 12 heteroatoms. The number of nitrogens with zero attached hydrogens (tertiary/aromatic N) is 4. The Morgan fingerprint density at radius 2 is 1.30 bits per heavy atom. The minimum atomic E-state index is -1.28. The van der Waals surface area contributed by atoms with E-state index >= 15 is 0 Å². The van der Waals surface area contributed by atoms with Crippen LogP contribution in [0.15, 0.2) is 168 Å². The molecule has 57 heavy (non-hydrogen) atoms. The van der Waals surface area contributed by atoms with E-state index in [-0.39, 0.29) is 34.7 Å². The highest BCUT2D eigenvalue weighted by Gasteiger charge is 2.54. The van der Waals surface area contributed by atoms with Crippen molar-refractivity contribution in [3.05, 3.63) is 197 Å². The van der Waals surface area contributed by atoms with Crippen LogP contribution in [-0.4, -0.2) is 48.8 Å². The molecule has 0 spiro atoms. The Kier molecular flexibility index (Phi) is 10.8. The van der Waals surface area contributed by atoms with E-state index in [1.807, 2.05) is 159 Å². The second kappa shape index (κ2) is 16.4. The summed E-state index contributed by atoms with van der Waals surface area (Å²) < 4.78 is 10.5. The first-order valence-electron chi connectivity index (χ1n) is 18.4. The van der Waals surface area contributed by atoms with E-state index in [2.05, 4.69) is 14.5 Å². The highest BCUT2D eigenvalue weighted by atomic mass is 32.2. The number of hydrogen-bond acceptors (Lipinski definition) is 11. The number of ketones is 1. The molecule has 284 valence electrons. The highest BCUT2D eigenvalue weighted by molar-refractivity contribution is 8.00. The van der Waals surface area contributed by atoms with Gasteiger partial charge in [0.1, 0.15) is 5.70 Å². The van der Waals surface area contributed by atoms with Gasteiger partial charge in [0.2, 0.25) is 17.3 Å². The molecule has 2 atom stereocenters. The molecular formula is C45H37N5O5S2. The van der Waals surface area contributed by atoms with Gasteiger partial charge in [0.15, 0.2) is 22.7 Å². The third-order valence-corrected chi connectivity index (χ3v) is 12.1. The normalized spacial score (nSPS) is 16.8.